The zero-order valence-electron chi connectivity index (χ0n) is 7.81. The van der Waals surface area contributed by atoms with Crippen molar-refractivity contribution in [2.24, 2.45) is 0 Å². The molecule has 0 radical (unpaired) electrons. The first-order valence-electron chi connectivity index (χ1n) is 4.13. The lowest BCUT2D eigenvalue weighted by Crippen LogP contribution is -2.14. The number of ether oxygens (including phenoxy) is 1. The van der Waals surface area contributed by atoms with Gasteiger partial charge < -0.3 is 4.74 Å². The number of nitrogens with one attached hydrogen (secondary N) is 1. The van der Waals surface area contributed by atoms with Crippen LogP contribution in [0.15, 0.2) is 12.1 Å². The first-order chi connectivity index (χ1) is 7.04. The molecule has 0 heterocycles. The molecule has 0 fully saturated rings. The van der Waals surface area contributed by atoms with Crippen LogP contribution in [0.1, 0.15) is 6.92 Å². The van der Waals surface area contributed by atoms with E-state index in [1.54, 1.807) is 6.92 Å². The fraction of sp³-hybridized carbons (Fsp3) is 0.222. The minimum Gasteiger partial charge on any atom is -0.450 e. The van der Waals surface area contributed by atoms with Gasteiger partial charge in [-0.05, 0) is 13.0 Å². The lowest BCUT2D eigenvalue weighted by atomic mass is 10.3. The van der Waals surface area contributed by atoms with Gasteiger partial charge in [0.1, 0.15) is 11.6 Å². The summed E-state index contributed by atoms with van der Waals surface area (Å²) in [6.45, 7) is 1.74. The summed E-state index contributed by atoms with van der Waals surface area (Å²) >= 11 is 5.32. The number of hydrogen-bond donors (Lipinski definition) is 1. The molecule has 0 bridgehead atoms. The minimum atomic E-state index is -0.849. The summed E-state index contributed by atoms with van der Waals surface area (Å²) in [4.78, 5) is 10.9. The Morgan fingerprint density at radius 3 is 2.73 bits per heavy atom. The highest BCUT2D eigenvalue weighted by atomic mass is 35.5. The van der Waals surface area contributed by atoms with E-state index >= 15 is 0 Å². The summed E-state index contributed by atoms with van der Waals surface area (Å²) in [5.74, 6) is -1.64. The molecule has 0 spiro atoms. The van der Waals surface area contributed by atoms with Gasteiger partial charge in [0.15, 0.2) is 0 Å². The van der Waals surface area contributed by atoms with E-state index in [2.05, 4.69) is 4.74 Å². The van der Waals surface area contributed by atoms with Crippen molar-refractivity contribution in [3.05, 3.63) is 28.8 Å². The number of amides is 1. The summed E-state index contributed by atoms with van der Waals surface area (Å²) in [6, 6.07) is 1.56. The third kappa shape index (κ3) is 3.06. The third-order valence-electron chi connectivity index (χ3n) is 1.52. The number of carbonyl (C=O) groups is 1. The lowest BCUT2D eigenvalue weighted by Gasteiger charge is -2.06. The Morgan fingerprint density at radius 2 is 2.13 bits per heavy atom. The van der Waals surface area contributed by atoms with Gasteiger partial charge in [0.2, 0.25) is 0 Å². The molecule has 1 N–H and O–H groups in total. The molecule has 0 unspecified atom stereocenters. The monoisotopic (exact) mass is 235 g/mol. The van der Waals surface area contributed by atoms with E-state index in [4.69, 9.17) is 11.6 Å². The first kappa shape index (κ1) is 11.7. The van der Waals surface area contributed by atoms with Crippen molar-refractivity contribution in [2.45, 2.75) is 6.92 Å². The lowest BCUT2D eigenvalue weighted by molar-refractivity contribution is 0.168. The summed E-state index contributed by atoms with van der Waals surface area (Å²) in [5.41, 5.74) is -0.310. The number of hydrogen-bond acceptors (Lipinski definition) is 2. The van der Waals surface area contributed by atoms with Crippen molar-refractivity contribution in [3.63, 3.8) is 0 Å². The van der Waals surface area contributed by atoms with Gasteiger partial charge in [-0.2, -0.15) is 0 Å². The van der Waals surface area contributed by atoms with Crippen LogP contribution >= 0.6 is 11.6 Å². The van der Waals surface area contributed by atoms with E-state index in [1.165, 1.54) is 0 Å². The van der Waals surface area contributed by atoms with Gasteiger partial charge in [0.05, 0.1) is 17.3 Å². The number of carbonyl (C=O) groups excluding carboxylic acids is 1. The molecule has 0 aliphatic heterocycles. The second-order valence-corrected chi connectivity index (χ2v) is 3.00. The van der Waals surface area contributed by atoms with E-state index in [0.717, 1.165) is 12.1 Å². The molecular formula is C9H8ClF2NO2. The van der Waals surface area contributed by atoms with Crippen LogP contribution in [0.2, 0.25) is 5.02 Å². The fourth-order valence-electron chi connectivity index (χ4n) is 0.895. The van der Waals surface area contributed by atoms with E-state index in [0.29, 0.717) is 0 Å². The number of halogens is 3. The van der Waals surface area contributed by atoms with Crippen LogP contribution in [0.3, 0.4) is 0 Å². The maximum absolute atomic E-state index is 13.1. The van der Waals surface area contributed by atoms with Crippen molar-refractivity contribution >= 4 is 23.4 Å². The first-order valence-corrected chi connectivity index (χ1v) is 4.50. The molecule has 6 heteroatoms. The van der Waals surface area contributed by atoms with Gasteiger partial charge in [-0.15, -0.1) is 0 Å². The van der Waals surface area contributed by atoms with Crippen LogP contribution in [0.25, 0.3) is 0 Å². The number of anilines is 1. The van der Waals surface area contributed by atoms with Gasteiger partial charge in [-0.3, -0.25) is 5.32 Å². The van der Waals surface area contributed by atoms with Crippen LogP contribution in [0.4, 0.5) is 19.3 Å². The van der Waals surface area contributed by atoms with E-state index < -0.39 is 17.7 Å². The maximum Gasteiger partial charge on any atom is 0.411 e. The van der Waals surface area contributed by atoms with Gasteiger partial charge in [0, 0.05) is 6.07 Å². The minimum absolute atomic E-state index is 0.142. The molecule has 1 amide bonds. The second-order valence-electron chi connectivity index (χ2n) is 2.59. The molecule has 82 valence electrons. The summed E-state index contributed by atoms with van der Waals surface area (Å²) < 4.78 is 30.5. The van der Waals surface area contributed by atoms with E-state index in [-0.39, 0.29) is 17.3 Å². The summed E-state index contributed by atoms with van der Waals surface area (Å²) in [6.07, 6.45) is -0.849. The van der Waals surface area contributed by atoms with Crippen LogP contribution < -0.4 is 5.32 Å². The molecule has 0 saturated heterocycles. The number of rotatable bonds is 2. The van der Waals surface area contributed by atoms with Crippen molar-refractivity contribution in [1.29, 1.82) is 0 Å². The quantitative estimate of drug-likeness (QED) is 0.800. The molecule has 0 aromatic heterocycles. The van der Waals surface area contributed by atoms with Crippen LogP contribution in [-0.4, -0.2) is 12.7 Å². The molecule has 3 nitrogen and oxygen atoms in total. The Labute approximate surface area is 90.0 Å². The highest BCUT2D eigenvalue weighted by Crippen LogP contribution is 2.22. The summed E-state index contributed by atoms with van der Waals surface area (Å²) in [5, 5.41) is 1.70. The SMILES string of the molecule is CCOC(=O)Nc1cc(F)c(Cl)cc1F. The maximum atomic E-state index is 13.1. The standard InChI is InChI=1S/C9H8ClF2NO2/c1-2-15-9(14)13-8-4-6(11)5(10)3-7(8)12/h3-4H,2H2,1H3,(H,13,14). The largest absolute Gasteiger partial charge is 0.450 e. The topological polar surface area (TPSA) is 38.3 Å². The molecule has 0 saturated carbocycles. The van der Waals surface area contributed by atoms with Gasteiger partial charge in [-0.25, -0.2) is 13.6 Å². The molecule has 0 aliphatic rings. The Hall–Kier alpha value is -1.36. The van der Waals surface area contributed by atoms with Gasteiger partial charge in [-0.1, -0.05) is 11.6 Å². The average molecular weight is 236 g/mol. The van der Waals surface area contributed by atoms with E-state index in [9.17, 15) is 13.6 Å². The zero-order chi connectivity index (χ0) is 11.4. The van der Waals surface area contributed by atoms with Gasteiger partial charge >= 0.3 is 6.09 Å². The normalized spacial score (nSPS) is 9.87. The predicted octanol–water partition coefficient (Wildman–Crippen LogP) is 3.19. The third-order valence-corrected chi connectivity index (χ3v) is 1.81. The van der Waals surface area contributed by atoms with Crippen molar-refractivity contribution < 1.29 is 18.3 Å². The average Bonchev–Trinajstić information content (AvgIpc) is 2.14. The Bertz CT molecular complexity index is 385. The summed E-state index contributed by atoms with van der Waals surface area (Å²) in [7, 11) is 0. The molecule has 15 heavy (non-hydrogen) atoms. The molecule has 1 rings (SSSR count). The van der Waals surface area contributed by atoms with E-state index in [1.807, 2.05) is 5.32 Å². The molecule has 1 aromatic rings. The van der Waals surface area contributed by atoms with Crippen molar-refractivity contribution in [1.82, 2.24) is 0 Å². The van der Waals surface area contributed by atoms with Crippen LogP contribution in [0, 0.1) is 11.6 Å². The Balaban J connectivity index is 2.86. The fourth-order valence-corrected chi connectivity index (χ4v) is 1.05. The predicted molar refractivity (Wildman–Crippen MR) is 52.0 cm³/mol. The van der Waals surface area contributed by atoms with Crippen molar-refractivity contribution in [3.8, 4) is 0 Å². The zero-order valence-corrected chi connectivity index (χ0v) is 8.57. The molecule has 1 aromatic carbocycles. The number of benzene rings is 1. The van der Waals surface area contributed by atoms with Gasteiger partial charge in [0.25, 0.3) is 0 Å². The molecule has 0 aliphatic carbocycles. The molecular weight excluding hydrogens is 228 g/mol. The van der Waals surface area contributed by atoms with Crippen LogP contribution in [-0.2, 0) is 4.74 Å². The smallest absolute Gasteiger partial charge is 0.411 e. The molecule has 0 atom stereocenters. The highest BCUT2D eigenvalue weighted by Gasteiger charge is 2.11. The van der Waals surface area contributed by atoms with Crippen molar-refractivity contribution in [2.75, 3.05) is 11.9 Å². The highest BCUT2D eigenvalue weighted by molar-refractivity contribution is 6.30. The Morgan fingerprint density at radius 1 is 1.47 bits per heavy atom. The Kier molecular flexibility index (Phi) is 3.85. The second kappa shape index (κ2) is 4.93. The van der Waals surface area contributed by atoms with Crippen LogP contribution in [0.5, 0.6) is 0 Å².